The molecule has 1 fully saturated rings. The van der Waals surface area contributed by atoms with Crippen molar-refractivity contribution in [2.75, 3.05) is 6.54 Å². The van der Waals surface area contributed by atoms with Crippen LogP contribution < -0.4 is 5.73 Å². The highest BCUT2D eigenvalue weighted by molar-refractivity contribution is 5.56. The van der Waals surface area contributed by atoms with Gasteiger partial charge in [-0.1, -0.05) is 6.07 Å². The summed E-state index contributed by atoms with van der Waals surface area (Å²) in [6.45, 7) is 0.280. The van der Waals surface area contributed by atoms with E-state index in [-0.39, 0.29) is 18.0 Å². The predicted octanol–water partition coefficient (Wildman–Crippen LogP) is 0.155. The molecule has 0 unspecified atom stereocenters. The molecule has 2 rings (SSSR count). The van der Waals surface area contributed by atoms with Crippen LogP contribution in [0.5, 0.6) is 17.2 Å². The van der Waals surface area contributed by atoms with Gasteiger partial charge in [0.15, 0.2) is 11.5 Å². The quantitative estimate of drug-likeness (QED) is 0.461. The molecule has 0 aliphatic heterocycles. The molecular weight excluding hydrogens is 210 g/mol. The topological polar surface area (TPSA) is 107 Å². The van der Waals surface area contributed by atoms with E-state index in [4.69, 9.17) is 5.73 Å². The number of hydrogen-bond donors (Lipinski definition) is 5. The molecule has 0 saturated heterocycles. The summed E-state index contributed by atoms with van der Waals surface area (Å²) < 4.78 is 0. The van der Waals surface area contributed by atoms with Crippen molar-refractivity contribution < 1.29 is 20.4 Å². The lowest BCUT2D eigenvalue weighted by molar-refractivity contribution is 0.0209. The number of phenols is 3. The van der Waals surface area contributed by atoms with Crippen LogP contribution in [0.1, 0.15) is 18.4 Å². The first-order valence-corrected chi connectivity index (χ1v) is 5.13. The number of aliphatic hydroxyl groups excluding tert-OH is 1. The van der Waals surface area contributed by atoms with E-state index in [0.29, 0.717) is 18.4 Å². The lowest BCUT2D eigenvalue weighted by Crippen LogP contribution is -2.49. The van der Waals surface area contributed by atoms with Gasteiger partial charge < -0.3 is 26.2 Å². The second-order valence-corrected chi connectivity index (χ2v) is 4.38. The minimum absolute atomic E-state index is 0.280. The Labute approximate surface area is 92.8 Å². The van der Waals surface area contributed by atoms with E-state index in [1.165, 1.54) is 12.1 Å². The smallest absolute Gasteiger partial charge is 0.200 e. The summed E-state index contributed by atoms with van der Waals surface area (Å²) in [5.74, 6) is -1.25. The fraction of sp³-hybridized carbons (Fsp3) is 0.455. The first kappa shape index (κ1) is 11.0. The average molecular weight is 225 g/mol. The van der Waals surface area contributed by atoms with E-state index >= 15 is 0 Å². The van der Waals surface area contributed by atoms with Crippen molar-refractivity contribution in [1.82, 2.24) is 0 Å². The Morgan fingerprint density at radius 3 is 2.31 bits per heavy atom. The van der Waals surface area contributed by atoms with Crippen LogP contribution in [0.3, 0.4) is 0 Å². The molecular formula is C11H15NO4. The molecule has 1 aliphatic rings. The van der Waals surface area contributed by atoms with Crippen LogP contribution in [0.15, 0.2) is 12.1 Å². The molecule has 0 spiro atoms. The highest BCUT2D eigenvalue weighted by Gasteiger charge is 2.45. The fourth-order valence-corrected chi connectivity index (χ4v) is 2.34. The highest BCUT2D eigenvalue weighted by Crippen LogP contribution is 2.50. The Balaban J connectivity index is 2.44. The SMILES string of the molecule is NCC1(c2ccc(O)c(O)c2O)CC(O)C1. The summed E-state index contributed by atoms with van der Waals surface area (Å²) in [6.07, 6.45) is 0.502. The van der Waals surface area contributed by atoms with Crippen molar-refractivity contribution >= 4 is 0 Å². The third-order valence-corrected chi connectivity index (χ3v) is 3.34. The summed E-state index contributed by atoms with van der Waals surface area (Å²) in [5.41, 5.74) is 5.64. The molecule has 0 bridgehead atoms. The molecule has 0 amide bonds. The maximum absolute atomic E-state index is 9.75. The van der Waals surface area contributed by atoms with Crippen LogP contribution in [-0.2, 0) is 5.41 Å². The molecule has 0 heterocycles. The second-order valence-electron chi connectivity index (χ2n) is 4.38. The predicted molar refractivity (Wildman–Crippen MR) is 57.4 cm³/mol. The van der Waals surface area contributed by atoms with Gasteiger partial charge in [-0.25, -0.2) is 0 Å². The lowest BCUT2D eigenvalue weighted by Gasteiger charge is -2.45. The third-order valence-electron chi connectivity index (χ3n) is 3.34. The van der Waals surface area contributed by atoms with Gasteiger partial charge in [0.2, 0.25) is 5.75 Å². The molecule has 0 aromatic heterocycles. The van der Waals surface area contributed by atoms with Crippen LogP contribution in [-0.4, -0.2) is 33.1 Å². The van der Waals surface area contributed by atoms with Gasteiger partial charge in [0, 0.05) is 17.5 Å². The monoisotopic (exact) mass is 225 g/mol. The normalized spacial score (nSPS) is 28.8. The molecule has 1 aliphatic carbocycles. The Morgan fingerprint density at radius 2 is 1.81 bits per heavy atom. The van der Waals surface area contributed by atoms with Crippen molar-refractivity contribution in [3.8, 4) is 17.2 Å². The van der Waals surface area contributed by atoms with E-state index in [9.17, 15) is 20.4 Å². The van der Waals surface area contributed by atoms with Crippen LogP contribution in [0.25, 0.3) is 0 Å². The van der Waals surface area contributed by atoms with Crippen molar-refractivity contribution in [2.45, 2.75) is 24.4 Å². The Kier molecular flexibility index (Phi) is 2.44. The molecule has 5 heteroatoms. The molecule has 1 saturated carbocycles. The highest BCUT2D eigenvalue weighted by atomic mass is 16.3. The molecule has 1 aromatic rings. The summed E-state index contributed by atoms with van der Waals surface area (Å²) in [7, 11) is 0. The number of rotatable bonds is 2. The summed E-state index contributed by atoms with van der Waals surface area (Å²) >= 11 is 0. The maximum Gasteiger partial charge on any atom is 0.200 e. The molecule has 16 heavy (non-hydrogen) atoms. The van der Waals surface area contributed by atoms with Crippen LogP contribution in [0, 0.1) is 0 Å². The van der Waals surface area contributed by atoms with Gasteiger partial charge in [-0.15, -0.1) is 0 Å². The van der Waals surface area contributed by atoms with Gasteiger partial charge in [-0.05, 0) is 18.9 Å². The number of aromatic hydroxyl groups is 3. The first-order chi connectivity index (χ1) is 7.50. The van der Waals surface area contributed by atoms with E-state index in [2.05, 4.69) is 0 Å². The average Bonchev–Trinajstić information content (AvgIpc) is 2.22. The maximum atomic E-state index is 9.75. The molecule has 88 valence electrons. The van der Waals surface area contributed by atoms with Gasteiger partial charge in [-0.3, -0.25) is 0 Å². The molecule has 1 aromatic carbocycles. The molecule has 6 N–H and O–H groups in total. The van der Waals surface area contributed by atoms with Crippen molar-refractivity contribution in [3.63, 3.8) is 0 Å². The molecule has 5 nitrogen and oxygen atoms in total. The largest absolute Gasteiger partial charge is 0.504 e. The minimum atomic E-state index is -0.535. The van der Waals surface area contributed by atoms with E-state index in [1.807, 2.05) is 0 Å². The van der Waals surface area contributed by atoms with Crippen molar-refractivity contribution in [1.29, 1.82) is 0 Å². The van der Waals surface area contributed by atoms with Crippen LogP contribution in [0.4, 0.5) is 0 Å². The zero-order valence-electron chi connectivity index (χ0n) is 8.72. The van der Waals surface area contributed by atoms with E-state index < -0.39 is 17.3 Å². The number of benzene rings is 1. The van der Waals surface area contributed by atoms with Gasteiger partial charge in [-0.2, -0.15) is 0 Å². The summed E-state index contributed by atoms with van der Waals surface area (Å²) in [6, 6.07) is 2.84. The number of hydrogen-bond acceptors (Lipinski definition) is 5. The molecule has 0 radical (unpaired) electrons. The second kappa shape index (κ2) is 3.54. The third kappa shape index (κ3) is 1.40. The first-order valence-electron chi connectivity index (χ1n) is 5.13. The van der Waals surface area contributed by atoms with Gasteiger partial charge in [0.25, 0.3) is 0 Å². The lowest BCUT2D eigenvalue weighted by atomic mass is 9.62. The number of aliphatic hydroxyl groups is 1. The van der Waals surface area contributed by atoms with Crippen molar-refractivity contribution in [2.24, 2.45) is 5.73 Å². The zero-order chi connectivity index (χ0) is 11.9. The van der Waals surface area contributed by atoms with Gasteiger partial charge >= 0.3 is 0 Å². The standard InChI is InChI=1S/C11H15NO4/c12-5-11(3-6(13)4-11)7-1-2-8(14)10(16)9(7)15/h1-2,6,13-16H,3-5,12H2. The van der Waals surface area contributed by atoms with E-state index in [0.717, 1.165) is 0 Å². The van der Waals surface area contributed by atoms with Gasteiger partial charge in [0.05, 0.1) is 6.10 Å². The molecule has 0 atom stereocenters. The Hall–Kier alpha value is -1.46. The van der Waals surface area contributed by atoms with Gasteiger partial charge in [0.1, 0.15) is 0 Å². The fourth-order valence-electron chi connectivity index (χ4n) is 2.34. The van der Waals surface area contributed by atoms with Crippen LogP contribution >= 0.6 is 0 Å². The van der Waals surface area contributed by atoms with Crippen molar-refractivity contribution in [3.05, 3.63) is 17.7 Å². The van der Waals surface area contributed by atoms with E-state index in [1.54, 1.807) is 0 Å². The zero-order valence-corrected chi connectivity index (χ0v) is 8.72. The Bertz CT molecular complexity index is 413. The van der Waals surface area contributed by atoms with Crippen LogP contribution in [0.2, 0.25) is 0 Å². The minimum Gasteiger partial charge on any atom is -0.504 e. The Morgan fingerprint density at radius 1 is 1.19 bits per heavy atom. The number of phenolic OH excluding ortho intramolecular Hbond substituents is 3. The summed E-state index contributed by atoms with van der Waals surface area (Å²) in [5, 5.41) is 37.7. The summed E-state index contributed by atoms with van der Waals surface area (Å²) in [4.78, 5) is 0. The number of nitrogens with two attached hydrogens (primary N) is 1.